The van der Waals surface area contributed by atoms with Gasteiger partial charge in [-0.1, -0.05) is 0 Å². The van der Waals surface area contributed by atoms with Gasteiger partial charge in [0, 0.05) is 11.5 Å². The van der Waals surface area contributed by atoms with Crippen molar-refractivity contribution < 1.29 is 4.39 Å². The van der Waals surface area contributed by atoms with Crippen molar-refractivity contribution in [1.29, 1.82) is 5.26 Å². The number of nitrogens with zero attached hydrogens (tertiary/aromatic N) is 2. The number of hydrogen-bond acceptors (Lipinski definition) is 3. The van der Waals surface area contributed by atoms with Gasteiger partial charge in [0.15, 0.2) is 0 Å². The summed E-state index contributed by atoms with van der Waals surface area (Å²) < 4.78 is 15.2. The van der Waals surface area contributed by atoms with Crippen LogP contribution in [0, 0.1) is 17.1 Å². The lowest BCUT2D eigenvalue weighted by atomic mass is 10.2. The lowest BCUT2D eigenvalue weighted by Gasteiger charge is -2.06. The molecule has 0 radical (unpaired) electrons. The average Bonchev–Trinajstić information content (AvgIpc) is 2.77. The predicted octanol–water partition coefficient (Wildman–Crippen LogP) is 3.83. The quantitative estimate of drug-likeness (QED) is 0.670. The maximum absolute atomic E-state index is 13.0. The highest BCUT2D eigenvalue weighted by molar-refractivity contribution is 9.10. The Morgan fingerprint density at radius 2 is 1.90 bits per heavy atom. The van der Waals surface area contributed by atoms with E-state index in [1.165, 1.54) is 46.2 Å². The fourth-order valence-electron chi connectivity index (χ4n) is 1.96. The van der Waals surface area contributed by atoms with E-state index in [9.17, 15) is 9.18 Å². The molecular formula is C14H6BrFN2OS. The van der Waals surface area contributed by atoms with Gasteiger partial charge in [0.25, 0.3) is 5.56 Å². The van der Waals surface area contributed by atoms with Crippen molar-refractivity contribution in [2.45, 2.75) is 0 Å². The number of rotatable bonds is 1. The topological polar surface area (TPSA) is 45.8 Å². The molecule has 0 unspecified atom stereocenters. The number of thiophene rings is 1. The van der Waals surface area contributed by atoms with Crippen molar-refractivity contribution in [3.8, 4) is 11.8 Å². The fraction of sp³-hybridized carbons (Fsp3) is 0. The Labute approximate surface area is 125 Å². The van der Waals surface area contributed by atoms with Crippen molar-refractivity contribution >= 4 is 37.5 Å². The van der Waals surface area contributed by atoms with E-state index < -0.39 is 0 Å². The van der Waals surface area contributed by atoms with Crippen LogP contribution in [0.3, 0.4) is 0 Å². The molecule has 2 aromatic heterocycles. The van der Waals surface area contributed by atoms with Crippen LogP contribution < -0.4 is 5.56 Å². The van der Waals surface area contributed by atoms with Gasteiger partial charge in [-0.3, -0.25) is 9.36 Å². The fourth-order valence-corrected chi connectivity index (χ4v) is 3.75. The van der Waals surface area contributed by atoms with Crippen LogP contribution in [0.5, 0.6) is 0 Å². The molecule has 20 heavy (non-hydrogen) atoms. The van der Waals surface area contributed by atoms with Gasteiger partial charge >= 0.3 is 0 Å². The van der Waals surface area contributed by atoms with Gasteiger partial charge in [0.1, 0.15) is 21.6 Å². The number of nitriles is 1. The molecule has 3 rings (SSSR count). The predicted molar refractivity (Wildman–Crippen MR) is 79.8 cm³/mol. The third-order valence-electron chi connectivity index (χ3n) is 2.87. The minimum absolute atomic E-state index is 0.220. The van der Waals surface area contributed by atoms with Crippen LogP contribution in [0.1, 0.15) is 4.88 Å². The molecule has 0 amide bonds. The number of benzene rings is 1. The smallest absolute Gasteiger partial charge is 0.256 e. The molecule has 1 aromatic carbocycles. The number of halogens is 2. The zero-order valence-electron chi connectivity index (χ0n) is 9.93. The van der Waals surface area contributed by atoms with Crippen molar-refractivity contribution in [2.75, 3.05) is 0 Å². The van der Waals surface area contributed by atoms with Crippen LogP contribution in [-0.4, -0.2) is 4.57 Å². The lowest BCUT2D eigenvalue weighted by Crippen LogP contribution is -2.16. The van der Waals surface area contributed by atoms with Crippen LogP contribution in [-0.2, 0) is 0 Å². The summed E-state index contributed by atoms with van der Waals surface area (Å²) in [5.74, 6) is -0.362. The summed E-state index contributed by atoms with van der Waals surface area (Å²) in [7, 11) is 0. The van der Waals surface area contributed by atoms with Gasteiger partial charge in [-0.15, -0.1) is 11.3 Å². The summed E-state index contributed by atoms with van der Waals surface area (Å²) in [6.07, 6.45) is 0. The van der Waals surface area contributed by atoms with E-state index in [4.69, 9.17) is 5.26 Å². The normalized spacial score (nSPS) is 10.7. The first-order valence-corrected chi connectivity index (χ1v) is 7.23. The highest BCUT2D eigenvalue weighted by atomic mass is 79.9. The highest BCUT2D eigenvalue weighted by Gasteiger charge is 2.14. The van der Waals surface area contributed by atoms with E-state index in [1.54, 1.807) is 6.07 Å². The second kappa shape index (κ2) is 4.85. The summed E-state index contributed by atoms with van der Waals surface area (Å²) in [6, 6.07) is 10.9. The van der Waals surface area contributed by atoms with Crippen molar-refractivity contribution in [2.24, 2.45) is 0 Å². The number of fused-ring (bicyclic) bond motifs is 1. The standard InChI is InChI=1S/C14H6BrFN2OS/c15-13-10-5-6-12(19)18(14(10)20-11(13)7-17)9-3-1-8(16)2-4-9/h1-6H. The molecular weight excluding hydrogens is 343 g/mol. The van der Waals surface area contributed by atoms with Crippen molar-refractivity contribution in [1.82, 2.24) is 4.57 Å². The van der Waals surface area contributed by atoms with Gasteiger partial charge in [0.2, 0.25) is 0 Å². The van der Waals surface area contributed by atoms with Gasteiger partial charge in [-0.05, 0) is 46.3 Å². The second-order valence-corrected chi connectivity index (χ2v) is 5.85. The Morgan fingerprint density at radius 1 is 1.20 bits per heavy atom. The average molecular weight is 349 g/mol. The highest BCUT2D eigenvalue weighted by Crippen LogP contribution is 2.35. The molecule has 0 saturated heterocycles. The van der Waals surface area contributed by atoms with Gasteiger partial charge in [-0.25, -0.2) is 4.39 Å². The van der Waals surface area contributed by atoms with Crippen LogP contribution in [0.2, 0.25) is 0 Å². The molecule has 0 aliphatic rings. The molecule has 0 saturated carbocycles. The maximum atomic E-state index is 13.0. The Kier molecular flexibility index (Phi) is 3.16. The van der Waals surface area contributed by atoms with Crippen LogP contribution in [0.25, 0.3) is 15.9 Å². The molecule has 0 fully saturated rings. The first kappa shape index (κ1) is 13.0. The van der Waals surface area contributed by atoms with E-state index in [0.29, 0.717) is 19.9 Å². The Morgan fingerprint density at radius 3 is 2.55 bits per heavy atom. The monoisotopic (exact) mass is 348 g/mol. The Bertz CT molecular complexity index is 906. The Hall–Kier alpha value is -1.97. The molecule has 0 atom stereocenters. The largest absolute Gasteiger partial charge is 0.269 e. The first-order valence-electron chi connectivity index (χ1n) is 5.62. The summed E-state index contributed by atoms with van der Waals surface area (Å²) >= 11 is 4.59. The minimum atomic E-state index is -0.362. The molecule has 98 valence electrons. The number of hydrogen-bond donors (Lipinski definition) is 0. The molecule has 0 bridgehead atoms. The van der Waals surface area contributed by atoms with Crippen molar-refractivity contribution in [3.63, 3.8) is 0 Å². The van der Waals surface area contributed by atoms with Crippen molar-refractivity contribution in [3.05, 3.63) is 61.9 Å². The van der Waals surface area contributed by atoms with E-state index in [-0.39, 0.29) is 11.4 Å². The van der Waals surface area contributed by atoms with E-state index in [1.807, 2.05) is 0 Å². The summed E-state index contributed by atoms with van der Waals surface area (Å²) in [4.78, 5) is 13.3. The molecule has 0 spiro atoms. The van der Waals surface area contributed by atoms with E-state index >= 15 is 0 Å². The maximum Gasteiger partial charge on any atom is 0.256 e. The molecule has 3 nitrogen and oxygen atoms in total. The first-order chi connectivity index (χ1) is 9.61. The van der Waals surface area contributed by atoms with Gasteiger partial charge < -0.3 is 0 Å². The van der Waals surface area contributed by atoms with E-state index in [2.05, 4.69) is 22.0 Å². The summed E-state index contributed by atoms with van der Waals surface area (Å²) in [5, 5.41) is 9.87. The molecule has 0 N–H and O–H groups in total. The zero-order valence-corrected chi connectivity index (χ0v) is 12.3. The van der Waals surface area contributed by atoms with E-state index in [0.717, 1.165) is 5.39 Å². The van der Waals surface area contributed by atoms with Crippen LogP contribution in [0.15, 0.2) is 45.7 Å². The molecule has 2 heterocycles. The third-order valence-corrected chi connectivity index (χ3v) is 5.05. The molecule has 6 heteroatoms. The van der Waals surface area contributed by atoms with Gasteiger partial charge in [0.05, 0.1) is 10.2 Å². The SMILES string of the molecule is N#Cc1sc2c(ccc(=O)n2-c2ccc(F)cc2)c1Br. The van der Waals surface area contributed by atoms with Crippen LogP contribution >= 0.6 is 27.3 Å². The molecule has 0 aliphatic heterocycles. The lowest BCUT2D eigenvalue weighted by molar-refractivity contribution is 0.627. The molecule has 0 aliphatic carbocycles. The summed E-state index contributed by atoms with van der Waals surface area (Å²) in [5.41, 5.74) is 0.350. The van der Waals surface area contributed by atoms with Gasteiger partial charge in [-0.2, -0.15) is 5.26 Å². The number of pyridine rings is 1. The summed E-state index contributed by atoms with van der Waals surface area (Å²) in [6.45, 7) is 0. The molecule has 3 aromatic rings. The second-order valence-electron chi connectivity index (χ2n) is 4.06. The zero-order chi connectivity index (χ0) is 14.3. The van der Waals surface area contributed by atoms with Crippen LogP contribution in [0.4, 0.5) is 4.39 Å². The Balaban J connectivity index is 2.40. The third kappa shape index (κ3) is 1.96. The minimum Gasteiger partial charge on any atom is -0.269 e. The number of aromatic nitrogens is 1.